The van der Waals surface area contributed by atoms with Crippen LogP contribution in [0.3, 0.4) is 0 Å². The highest BCUT2D eigenvalue weighted by Crippen LogP contribution is 2.36. The molecular weight excluding hydrogens is 328 g/mol. The van der Waals surface area contributed by atoms with Crippen LogP contribution >= 0.6 is 12.4 Å². The van der Waals surface area contributed by atoms with Gasteiger partial charge in [0.2, 0.25) is 5.91 Å². The van der Waals surface area contributed by atoms with E-state index in [1.807, 2.05) is 31.4 Å². The van der Waals surface area contributed by atoms with Crippen LogP contribution in [0.15, 0.2) is 30.6 Å². The van der Waals surface area contributed by atoms with Gasteiger partial charge in [0.25, 0.3) is 0 Å². The highest BCUT2D eigenvalue weighted by molar-refractivity contribution is 5.95. The number of benzene rings is 1. The van der Waals surface area contributed by atoms with Crippen molar-refractivity contribution in [1.29, 1.82) is 0 Å². The summed E-state index contributed by atoms with van der Waals surface area (Å²) in [5, 5.41) is 10.1. The number of carbonyl (C=O) groups excluding carboxylic acids is 1. The number of halogens is 1. The average molecular weight is 351 g/mol. The van der Waals surface area contributed by atoms with Crippen molar-refractivity contribution in [2.75, 3.05) is 12.4 Å². The number of anilines is 1. The second-order valence-electron chi connectivity index (χ2n) is 6.52. The van der Waals surface area contributed by atoms with Crippen LogP contribution in [0.4, 0.5) is 5.69 Å². The lowest BCUT2D eigenvalue weighted by Gasteiger charge is -2.16. The number of rotatable bonds is 4. The van der Waals surface area contributed by atoms with Crippen LogP contribution in [-0.4, -0.2) is 28.3 Å². The van der Waals surface area contributed by atoms with Gasteiger partial charge in [-0.25, -0.2) is 0 Å². The second kappa shape index (κ2) is 6.83. The lowest BCUT2D eigenvalue weighted by molar-refractivity contribution is -0.118. The molecule has 6 nitrogen and oxygen atoms in total. The summed E-state index contributed by atoms with van der Waals surface area (Å²) in [6.45, 7) is 4.12. The molecule has 1 aliphatic heterocycles. The third-order valence-electron chi connectivity index (χ3n) is 3.94. The normalized spacial score (nSPS) is 15.8. The summed E-state index contributed by atoms with van der Waals surface area (Å²) in [4.78, 5) is 12.5. The molecule has 1 aromatic heterocycles. The highest BCUT2D eigenvalue weighted by Gasteiger charge is 2.30. The van der Waals surface area contributed by atoms with Crippen molar-refractivity contribution in [3.8, 4) is 5.75 Å². The first-order valence-electron chi connectivity index (χ1n) is 7.66. The van der Waals surface area contributed by atoms with Crippen molar-refractivity contribution < 1.29 is 9.53 Å². The molecule has 1 aliphatic rings. The minimum absolute atomic E-state index is 0. The van der Waals surface area contributed by atoms with E-state index in [9.17, 15) is 4.79 Å². The molecule has 0 saturated carbocycles. The van der Waals surface area contributed by atoms with Crippen molar-refractivity contribution in [2.45, 2.75) is 31.9 Å². The van der Waals surface area contributed by atoms with Gasteiger partial charge in [-0.2, -0.15) is 5.10 Å². The minimum atomic E-state index is -0.440. The Morgan fingerprint density at radius 3 is 2.79 bits per heavy atom. The predicted molar refractivity (Wildman–Crippen MR) is 95.7 cm³/mol. The quantitative estimate of drug-likeness (QED) is 0.888. The van der Waals surface area contributed by atoms with Gasteiger partial charge in [-0.15, -0.1) is 12.4 Å². The van der Waals surface area contributed by atoms with Crippen LogP contribution in [0.5, 0.6) is 5.75 Å². The first-order valence-corrected chi connectivity index (χ1v) is 7.66. The predicted octanol–water partition coefficient (Wildman–Crippen LogP) is 2.45. The molecule has 0 saturated heterocycles. The number of likely N-dealkylation sites (N-methyl/N-ethyl adjacent to an activating group) is 1. The van der Waals surface area contributed by atoms with E-state index in [0.717, 1.165) is 29.0 Å². The Morgan fingerprint density at radius 2 is 2.17 bits per heavy atom. The molecule has 0 fully saturated rings. The van der Waals surface area contributed by atoms with Crippen molar-refractivity contribution >= 4 is 24.0 Å². The summed E-state index contributed by atoms with van der Waals surface area (Å²) in [7, 11) is 3.59. The molecule has 0 aliphatic carbocycles. The maximum atomic E-state index is 12.5. The smallest absolute Gasteiger partial charge is 0.246 e. The van der Waals surface area contributed by atoms with E-state index in [-0.39, 0.29) is 23.9 Å². The Hall–Kier alpha value is -2.05. The molecule has 24 heavy (non-hydrogen) atoms. The van der Waals surface area contributed by atoms with Gasteiger partial charge >= 0.3 is 0 Å². The zero-order valence-electron chi connectivity index (χ0n) is 14.3. The van der Waals surface area contributed by atoms with E-state index in [1.165, 1.54) is 0 Å². The standard InChI is InChI=1S/C17H22N4O2.ClH/c1-17(2)8-11-7-13(5-6-14(11)23-17)20-16(22)15(18-3)12-9-19-21(4)10-12;/h5-7,9-10,15,18H,8H2,1-4H3,(H,20,22);1H. The molecule has 1 aromatic carbocycles. The van der Waals surface area contributed by atoms with Crippen LogP contribution in [0.2, 0.25) is 0 Å². The summed E-state index contributed by atoms with van der Waals surface area (Å²) in [5.41, 5.74) is 2.54. The second-order valence-corrected chi connectivity index (χ2v) is 6.52. The van der Waals surface area contributed by atoms with E-state index in [2.05, 4.69) is 29.6 Å². The van der Waals surface area contributed by atoms with Gasteiger partial charge in [0.1, 0.15) is 17.4 Å². The number of nitrogens with one attached hydrogen (secondary N) is 2. The summed E-state index contributed by atoms with van der Waals surface area (Å²) in [5.74, 6) is 0.782. The molecule has 3 rings (SSSR count). The van der Waals surface area contributed by atoms with Gasteiger partial charge in [0, 0.05) is 36.5 Å². The lowest BCUT2D eigenvalue weighted by atomic mass is 10.0. The average Bonchev–Trinajstić information content (AvgIpc) is 3.01. The van der Waals surface area contributed by atoms with Gasteiger partial charge in [-0.3, -0.25) is 9.48 Å². The number of amides is 1. The first kappa shape index (κ1) is 18.3. The summed E-state index contributed by atoms with van der Waals surface area (Å²) in [6.07, 6.45) is 4.36. The largest absolute Gasteiger partial charge is 0.487 e. The summed E-state index contributed by atoms with van der Waals surface area (Å²) in [6, 6.07) is 5.33. The Bertz CT molecular complexity index is 742. The fourth-order valence-corrected chi connectivity index (χ4v) is 2.94. The number of aromatic nitrogens is 2. The zero-order valence-corrected chi connectivity index (χ0v) is 15.1. The molecule has 2 N–H and O–H groups in total. The van der Waals surface area contributed by atoms with Gasteiger partial charge in [0.15, 0.2) is 0 Å². The van der Waals surface area contributed by atoms with Crippen molar-refractivity contribution in [3.63, 3.8) is 0 Å². The molecule has 0 spiro atoms. The summed E-state index contributed by atoms with van der Waals surface area (Å²) < 4.78 is 7.54. The van der Waals surface area contributed by atoms with E-state index >= 15 is 0 Å². The number of fused-ring (bicyclic) bond motifs is 1. The number of nitrogens with zero attached hydrogens (tertiary/aromatic N) is 2. The fourth-order valence-electron chi connectivity index (χ4n) is 2.94. The number of ether oxygens (including phenoxy) is 1. The van der Waals surface area contributed by atoms with Crippen LogP contribution in [0.25, 0.3) is 0 Å². The number of carbonyl (C=O) groups is 1. The van der Waals surface area contributed by atoms with Crippen molar-refractivity contribution in [2.24, 2.45) is 7.05 Å². The van der Waals surface area contributed by atoms with E-state index in [4.69, 9.17) is 4.74 Å². The highest BCUT2D eigenvalue weighted by atomic mass is 35.5. The van der Waals surface area contributed by atoms with E-state index < -0.39 is 6.04 Å². The van der Waals surface area contributed by atoms with E-state index in [0.29, 0.717) is 0 Å². The van der Waals surface area contributed by atoms with Crippen LogP contribution in [0, 0.1) is 0 Å². The zero-order chi connectivity index (χ0) is 16.6. The number of hydrogen-bond donors (Lipinski definition) is 2. The molecule has 0 radical (unpaired) electrons. The Morgan fingerprint density at radius 1 is 1.42 bits per heavy atom. The fraction of sp³-hybridized carbons (Fsp3) is 0.412. The molecule has 130 valence electrons. The SMILES string of the molecule is CNC(C(=O)Nc1ccc2c(c1)CC(C)(C)O2)c1cnn(C)c1.Cl. The van der Waals surface area contributed by atoms with Gasteiger partial charge in [-0.1, -0.05) is 0 Å². The lowest BCUT2D eigenvalue weighted by Crippen LogP contribution is -2.30. The summed E-state index contributed by atoms with van der Waals surface area (Å²) >= 11 is 0. The molecule has 1 unspecified atom stereocenters. The molecule has 1 atom stereocenters. The Labute approximate surface area is 148 Å². The molecule has 2 heterocycles. The van der Waals surface area contributed by atoms with Crippen LogP contribution in [0.1, 0.15) is 31.0 Å². The van der Waals surface area contributed by atoms with Gasteiger partial charge in [-0.05, 0) is 39.1 Å². The molecule has 7 heteroatoms. The van der Waals surface area contributed by atoms with Gasteiger partial charge < -0.3 is 15.4 Å². The maximum Gasteiger partial charge on any atom is 0.246 e. The Balaban J connectivity index is 0.00000208. The third-order valence-corrected chi connectivity index (χ3v) is 3.94. The molecule has 0 bridgehead atoms. The van der Waals surface area contributed by atoms with Gasteiger partial charge in [0.05, 0.1) is 6.20 Å². The monoisotopic (exact) mass is 350 g/mol. The van der Waals surface area contributed by atoms with Crippen molar-refractivity contribution in [1.82, 2.24) is 15.1 Å². The topological polar surface area (TPSA) is 68.2 Å². The maximum absolute atomic E-state index is 12.5. The van der Waals surface area contributed by atoms with Crippen LogP contribution in [-0.2, 0) is 18.3 Å². The molecular formula is C17H23ClN4O2. The molecule has 2 aromatic rings. The number of hydrogen-bond acceptors (Lipinski definition) is 4. The van der Waals surface area contributed by atoms with E-state index in [1.54, 1.807) is 17.9 Å². The Kier molecular flexibility index (Phi) is 5.20. The first-order chi connectivity index (χ1) is 10.9. The minimum Gasteiger partial charge on any atom is -0.487 e. The number of aryl methyl sites for hydroxylation is 1. The molecule has 1 amide bonds. The third kappa shape index (κ3) is 3.71. The van der Waals surface area contributed by atoms with Crippen LogP contribution < -0.4 is 15.4 Å². The van der Waals surface area contributed by atoms with Crippen molar-refractivity contribution in [3.05, 3.63) is 41.7 Å².